The summed E-state index contributed by atoms with van der Waals surface area (Å²) in [7, 11) is 1.61. The predicted molar refractivity (Wildman–Crippen MR) is 113 cm³/mol. The number of hydrogen-bond donors (Lipinski definition) is 2. The monoisotopic (exact) mass is 433 g/mol. The third kappa shape index (κ3) is 6.16. The largest absolute Gasteiger partial charge is 0.493 e. The molecular weight excluding hydrogens is 414 g/mol. The average Bonchev–Trinajstić information content (AvgIpc) is 2.66. The van der Waals surface area contributed by atoms with Crippen LogP contribution in [0.3, 0.4) is 0 Å². The third-order valence-corrected chi connectivity index (χ3v) is 4.07. The Balaban J connectivity index is 2.09. The highest BCUT2D eigenvalue weighted by Gasteiger charge is 2.09. The molecule has 0 saturated carbocycles. The lowest BCUT2D eigenvalue weighted by Crippen LogP contribution is -2.31. The molecule has 0 fully saturated rings. The van der Waals surface area contributed by atoms with E-state index in [2.05, 4.69) is 38.4 Å². The molecular formula is C19H20BrN3O2S. The molecule has 0 saturated heterocycles. The smallest absolute Gasteiger partial charge is 0.187 e. The first-order valence-corrected chi connectivity index (χ1v) is 9.06. The molecule has 0 aliphatic carbocycles. The molecule has 2 N–H and O–H groups in total. The van der Waals surface area contributed by atoms with Crippen molar-refractivity contribution in [2.45, 2.75) is 6.61 Å². The Labute approximate surface area is 167 Å². The second-order valence-electron chi connectivity index (χ2n) is 5.16. The Kier molecular flexibility index (Phi) is 8.11. The molecule has 2 aromatic carbocycles. The summed E-state index contributed by atoms with van der Waals surface area (Å²) in [6.45, 7) is 4.61. The van der Waals surface area contributed by atoms with Gasteiger partial charge in [0.05, 0.1) is 13.3 Å². The van der Waals surface area contributed by atoms with Crippen LogP contribution in [-0.4, -0.2) is 25.0 Å². The number of para-hydroxylation sites is 1. The summed E-state index contributed by atoms with van der Waals surface area (Å²) in [6, 6.07) is 13.6. The predicted octanol–water partition coefficient (Wildman–Crippen LogP) is 4.02. The molecule has 0 aliphatic rings. The van der Waals surface area contributed by atoms with Gasteiger partial charge in [0.1, 0.15) is 6.61 Å². The summed E-state index contributed by atoms with van der Waals surface area (Å²) in [5.41, 5.74) is 4.58. The number of benzene rings is 2. The normalized spacial score (nSPS) is 10.4. The molecule has 0 amide bonds. The van der Waals surface area contributed by atoms with Gasteiger partial charge < -0.3 is 14.8 Å². The zero-order valence-corrected chi connectivity index (χ0v) is 16.8. The van der Waals surface area contributed by atoms with Gasteiger partial charge in [-0.1, -0.05) is 40.2 Å². The molecule has 0 aromatic heterocycles. The van der Waals surface area contributed by atoms with Crippen molar-refractivity contribution in [2.75, 3.05) is 13.7 Å². The van der Waals surface area contributed by atoms with Crippen molar-refractivity contribution in [3.63, 3.8) is 0 Å². The van der Waals surface area contributed by atoms with Crippen LogP contribution in [0.4, 0.5) is 0 Å². The fraction of sp³-hybridized carbons (Fsp3) is 0.158. The Morgan fingerprint density at radius 1 is 1.27 bits per heavy atom. The highest BCUT2D eigenvalue weighted by Crippen LogP contribution is 2.30. The second-order valence-corrected chi connectivity index (χ2v) is 6.49. The summed E-state index contributed by atoms with van der Waals surface area (Å²) in [5, 5.41) is 7.50. The Bertz CT molecular complexity index is 779. The van der Waals surface area contributed by atoms with E-state index in [9.17, 15) is 0 Å². The topological polar surface area (TPSA) is 54.9 Å². The molecule has 0 unspecified atom stereocenters. The third-order valence-electron chi connectivity index (χ3n) is 3.30. The van der Waals surface area contributed by atoms with Crippen LogP contribution < -0.4 is 20.2 Å². The molecule has 0 aliphatic heterocycles. The Morgan fingerprint density at radius 2 is 2.04 bits per heavy atom. The molecule has 136 valence electrons. The quantitative estimate of drug-likeness (QED) is 0.285. The molecule has 5 nitrogen and oxygen atoms in total. The van der Waals surface area contributed by atoms with Crippen LogP contribution >= 0.6 is 28.1 Å². The molecule has 2 aromatic rings. The fourth-order valence-electron chi connectivity index (χ4n) is 2.05. The molecule has 0 bridgehead atoms. The molecule has 0 spiro atoms. The van der Waals surface area contributed by atoms with E-state index in [0.29, 0.717) is 29.8 Å². The molecule has 7 heteroatoms. The van der Waals surface area contributed by atoms with E-state index >= 15 is 0 Å². The lowest BCUT2D eigenvalue weighted by atomic mass is 10.2. The zero-order chi connectivity index (χ0) is 18.8. The standard InChI is InChI=1S/C19H20BrN3O2S/c1-3-11-21-19(26)23-22-12-15-5-4-6-17(24-2)18(15)25-13-14-7-9-16(20)10-8-14/h3-10,12H,1,11,13H2,2H3,(H2,21,23,26)/b22-12+. The van der Waals surface area contributed by atoms with E-state index < -0.39 is 0 Å². The van der Waals surface area contributed by atoms with Crippen LogP contribution in [0.15, 0.2) is 64.7 Å². The molecule has 0 radical (unpaired) electrons. The Hall–Kier alpha value is -2.38. The van der Waals surface area contributed by atoms with Crippen molar-refractivity contribution in [1.29, 1.82) is 0 Å². The average molecular weight is 434 g/mol. The number of methoxy groups -OCH3 is 1. The number of hydrogen-bond acceptors (Lipinski definition) is 4. The number of nitrogens with one attached hydrogen (secondary N) is 2. The van der Waals surface area contributed by atoms with Gasteiger partial charge in [-0.05, 0) is 42.0 Å². The van der Waals surface area contributed by atoms with Gasteiger partial charge in [-0.2, -0.15) is 5.10 Å². The van der Waals surface area contributed by atoms with Crippen LogP contribution in [0.2, 0.25) is 0 Å². The fourth-order valence-corrected chi connectivity index (χ4v) is 2.45. The van der Waals surface area contributed by atoms with E-state index in [1.165, 1.54) is 0 Å². The van der Waals surface area contributed by atoms with Gasteiger partial charge >= 0.3 is 0 Å². The summed E-state index contributed by atoms with van der Waals surface area (Å²) >= 11 is 8.52. The van der Waals surface area contributed by atoms with Crippen LogP contribution in [0.5, 0.6) is 11.5 Å². The maximum Gasteiger partial charge on any atom is 0.187 e. The van der Waals surface area contributed by atoms with Crippen LogP contribution in [0, 0.1) is 0 Å². The second kappa shape index (κ2) is 10.6. The van der Waals surface area contributed by atoms with E-state index in [4.69, 9.17) is 21.7 Å². The van der Waals surface area contributed by atoms with Crippen molar-refractivity contribution < 1.29 is 9.47 Å². The van der Waals surface area contributed by atoms with Gasteiger partial charge in [-0.25, -0.2) is 0 Å². The van der Waals surface area contributed by atoms with E-state index in [-0.39, 0.29) is 0 Å². The minimum atomic E-state index is 0.418. The number of ether oxygens (including phenoxy) is 2. The van der Waals surface area contributed by atoms with Crippen LogP contribution in [0.25, 0.3) is 0 Å². The van der Waals surface area contributed by atoms with Gasteiger partial charge in [-0.3, -0.25) is 5.43 Å². The van der Waals surface area contributed by atoms with Crippen LogP contribution in [0.1, 0.15) is 11.1 Å². The summed E-state index contributed by atoms with van der Waals surface area (Å²) < 4.78 is 12.4. The van der Waals surface area contributed by atoms with Crippen molar-refractivity contribution in [3.05, 3.63) is 70.7 Å². The highest BCUT2D eigenvalue weighted by atomic mass is 79.9. The number of hydrazone groups is 1. The van der Waals surface area contributed by atoms with Crippen LogP contribution in [-0.2, 0) is 6.61 Å². The van der Waals surface area contributed by atoms with Gasteiger partial charge in [0.2, 0.25) is 0 Å². The summed E-state index contributed by atoms with van der Waals surface area (Å²) in [4.78, 5) is 0. The molecule has 0 heterocycles. The molecule has 26 heavy (non-hydrogen) atoms. The maximum absolute atomic E-state index is 5.99. The first-order chi connectivity index (χ1) is 12.6. The van der Waals surface area contributed by atoms with Gasteiger partial charge in [0.15, 0.2) is 16.6 Å². The molecule has 0 atom stereocenters. The summed E-state index contributed by atoms with van der Waals surface area (Å²) in [5.74, 6) is 1.26. The van der Waals surface area contributed by atoms with E-state index in [0.717, 1.165) is 15.6 Å². The molecule has 2 rings (SSSR count). The lowest BCUT2D eigenvalue weighted by molar-refractivity contribution is 0.284. The number of thiocarbonyl (C=S) groups is 1. The van der Waals surface area contributed by atoms with E-state index in [1.807, 2.05) is 42.5 Å². The first-order valence-electron chi connectivity index (χ1n) is 7.86. The van der Waals surface area contributed by atoms with Crippen molar-refractivity contribution in [3.8, 4) is 11.5 Å². The first kappa shape index (κ1) is 19.9. The van der Waals surface area contributed by atoms with Crippen molar-refractivity contribution in [2.24, 2.45) is 5.10 Å². The minimum Gasteiger partial charge on any atom is -0.493 e. The van der Waals surface area contributed by atoms with Gasteiger partial charge in [0, 0.05) is 16.6 Å². The number of halogens is 1. The lowest BCUT2D eigenvalue weighted by Gasteiger charge is -2.13. The van der Waals surface area contributed by atoms with Gasteiger partial charge in [0.25, 0.3) is 0 Å². The van der Waals surface area contributed by atoms with Gasteiger partial charge in [-0.15, -0.1) is 6.58 Å². The highest BCUT2D eigenvalue weighted by molar-refractivity contribution is 9.10. The van der Waals surface area contributed by atoms with Crippen molar-refractivity contribution >= 4 is 39.5 Å². The zero-order valence-electron chi connectivity index (χ0n) is 14.4. The minimum absolute atomic E-state index is 0.418. The SMILES string of the molecule is C=CCNC(=S)N/N=C/c1cccc(OC)c1OCc1ccc(Br)cc1. The number of rotatable bonds is 8. The summed E-state index contributed by atoms with van der Waals surface area (Å²) in [6.07, 6.45) is 3.36. The van der Waals surface area contributed by atoms with Crippen molar-refractivity contribution in [1.82, 2.24) is 10.7 Å². The maximum atomic E-state index is 5.99. The Morgan fingerprint density at radius 3 is 2.73 bits per heavy atom. The van der Waals surface area contributed by atoms with E-state index in [1.54, 1.807) is 19.4 Å². The number of nitrogens with zero attached hydrogens (tertiary/aromatic N) is 1.